The Kier molecular flexibility index (Phi) is 4.94. The van der Waals surface area contributed by atoms with Crippen LogP contribution in [0.1, 0.15) is 51.6 Å². The molecule has 3 nitrogen and oxygen atoms in total. The van der Waals surface area contributed by atoms with Crippen LogP contribution in [-0.2, 0) is 0 Å². The lowest BCUT2D eigenvalue weighted by Gasteiger charge is -2.38. The van der Waals surface area contributed by atoms with E-state index in [4.69, 9.17) is 0 Å². The van der Waals surface area contributed by atoms with Gasteiger partial charge in [0.15, 0.2) is 0 Å². The largest absolute Gasteiger partial charge is 0.310 e. The van der Waals surface area contributed by atoms with Gasteiger partial charge in [-0.05, 0) is 50.4 Å². The molecule has 0 spiro atoms. The standard InChI is InChI=1S/C16H27N3/c1-4-16(5-2)13-19(12-6-9-18-16)14(3)15-7-10-17-11-8-15/h7-8,10-11,14,18H,4-6,9,12-13H2,1-3H3. The van der Waals surface area contributed by atoms with Crippen LogP contribution < -0.4 is 5.32 Å². The zero-order valence-electron chi connectivity index (χ0n) is 12.5. The van der Waals surface area contributed by atoms with Gasteiger partial charge in [0.25, 0.3) is 0 Å². The maximum absolute atomic E-state index is 4.12. The van der Waals surface area contributed by atoms with Crippen LogP contribution in [0.2, 0.25) is 0 Å². The molecule has 1 aromatic rings. The van der Waals surface area contributed by atoms with Crippen LogP contribution in [0, 0.1) is 0 Å². The van der Waals surface area contributed by atoms with Gasteiger partial charge >= 0.3 is 0 Å². The Morgan fingerprint density at radius 2 is 2.00 bits per heavy atom. The summed E-state index contributed by atoms with van der Waals surface area (Å²) >= 11 is 0. The van der Waals surface area contributed by atoms with Crippen LogP contribution in [0.5, 0.6) is 0 Å². The van der Waals surface area contributed by atoms with E-state index in [0.717, 1.165) is 13.1 Å². The van der Waals surface area contributed by atoms with Crippen LogP contribution in [0.3, 0.4) is 0 Å². The van der Waals surface area contributed by atoms with Crippen molar-refractivity contribution in [2.45, 2.75) is 51.6 Å². The van der Waals surface area contributed by atoms with Crippen LogP contribution in [-0.4, -0.2) is 35.1 Å². The van der Waals surface area contributed by atoms with E-state index in [1.807, 2.05) is 12.4 Å². The lowest BCUT2D eigenvalue weighted by atomic mass is 9.91. The molecule has 1 N–H and O–H groups in total. The number of aromatic nitrogens is 1. The quantitative estimate of drug-likeness (QED) is 0.903. The minimum Gasteiger partial charge on any atom is -0.310 e. The zero-order chi connectivity index (χ0) is 13.7. The topological polar surface area (TPSA) is 28.2 Å². The maximum atomic E-state index is 4.12. The molecular weight excluding hydrogens is 234 g/mol. The summed E-state index contributed by atoms with van der Waals surface area (Å²) in [5.74, 6) is 0. The van der Waals surface area contributed by atoms with Gasteiger partial charge in [-0.3, -0.25) is 9.88 Å². The monoisotopic (exact) mass is 261 g/mol. The summed E-state index contributed by atoms with van der Waals surface area (Å²) in [6.07, 6.45) is 7.42. The molecule has 1 aromatic heterocycles. The lowest BCUT2D eigenvalue weighted by molar-refractivity contribution is 0.157. The molecule has 1 atom stereocenters. The Morgan fingerprint density at radius 1 is 1.32 bits per heavy atom. The van der Waals surface area contributed by atoms with E-state index in [-0.39, 0.29) is 5.54 Å². The van der Waals surface area contributed by atoms with Crippen molar-refractivity contribution in [3.8, 4) is 0 Å². The van der Waals surface area contributed by atoms with Gasteiger partial charge in [0, 0.05) is 37.1 Å². The number of nitrogens with zero attached hydrogens (tertiary/aromatic N) is 2. The van der Waals surface area contributed by atoms with Crippen LogP contribution in [0.25, 0.3) is 0 Å². The molecule has 0 saturated carbocycles. The van der Waals surface area contributed by atoms with Gasteiger partial charge in [-0.2, -0.15) is 0 Å². The van der Waals surface area contributed by atoms with Crippen molar-refractivity contribution in [3.63, 3.8) is 0 Å². The fourth-order valence-corrected chi connectivity index (χ4v) is 3.07. The van der Waals surface area contributed by atoms with E-state index in [1.165, 1.54) is 31.4 Å². The third-order valence-corrected chi connectivity index (χ3v) is 4.72. The minimum absolute atomic E-state index is 0.289. The normalized spacial score (nSPS) is 21.8. The molecule has 1 aliphatic heterocycles. The van der Waals surface area contributed by atoms with E-state index in [0.29, 0.717) is 6.04 Å². The van der Waals surface area contributed by atoms with Crippen LogP contribution >= 0.6 is 0 Å². The second-order valence-electron chi connectivity index (χ2n) is 5.69. The summed E-state index contributed by atoms with van der Waals surface area (Å²) in [7, 11) is 0. The zero-order valence-corrected chi connectivity index (χ0v) is 12.5. The molecule has 0 radical (unpaired) electrons. The summed E-state index contributed by atoms with van der Waals surface area (Å²) < 4.78 is 0. The van der Waals surface area contributed by atoms with Crippen LogP contribution in [0.4, 0.5) is 0 Å². The van der Waals surface area contributed by atoms with Crippen LogP contribution in [0.15, 0.2) is 24.5 Å². The van der Waals surface area contributed by atoms with Crippen molar-refractivity contribution in [3.05, 3.63) is 30.1 Å². The molecule has 1 fully saturated rings. The molecular formula is C16H27N3. The van der Waals surface area contributed by atoms with Gasteiger partial charge in [-0.15, -0.1) is 0 Å². The van der Waals surface area contributed by atoms with E-state index >= 15 is 0 Å². The Morgan fingerprint density at radius 3 is 2.63 bits per heavy atom. The highest BCUT2D eigenvalue weighted by Crippen LogP contribution is 2.26. The Hall–Kier alpha value is -0.930. The molecule has 0 aromatic carbocycles. The van der Waals surface area contributed by atoms with Crippen molar-refractivity contribution < 1.29 is 0 Å². The van der Waals surface area contributed by atoms with Gasteiger partial charge in [-0.25, -0.2) is 0 Å². The van der Waals surface area contributed by atoms with Crippen molar-refractivity contribution in [1.29, 1.82) is 0 Å². The van der Waals surface area contributed by atoms with Gasteiger partial charge in [0.1, 0.15) is 0 Å². The molecule has 1 unspecified atom stereocenters. The third-order valence-electron chi connectivity index (χ3n) is 4.72. The van der Waals surface area contributed by atoms with Crippen molar-refractivity contribution >= 4 is 0 Å². The molecule has 2 rings (SSSR count). The average molecular weight is 261 g/mol. The fourth-order valence-electron chi connectivity index (χ4n) is 3.07. The number of hydrogen-bond acceptors (Lipinski definition) is 3. The Balaban J connectivity index is 2.14. The maximum Gasteiger partial charge on any atom is 0.0321 e. The Labute approximate surface area is 117 Å². The lowest BCUT2D eigenvalue weighted by Crippen LogP contribution is -2.51. The molecule has 1 saturated heterocycles. The van der Waals surface area contributed by atoms with E-state index in [9.17, 15) is 0 Å². The van der Waals surface area contributed by atoms with E-state index < -0.39 is 0 Å². The van der Waals surface area contributed by atoms with Gasteiger partial charge in [0.2, 0.25) is 0 Å². The van der Waals surface area contributed by atoms with E-state index in [1.54, 1.807) is 0 Å². The summed E-state index contributed by atoms with van der Waals surface area (Å²) in [5, 5.41) is 3.78. The van der Waals surface area contributed by atoms with Gasteiger partial charge < -0.3 is 5.32 Å². The third kappa shape index (κ3) is 3.34. The number of pyridine rings is 1. The summed E-state index contributed by atoms with van der Waals surface area (Å²) in [6, 6.07) is 4.76. The van der Waals surface area contributed by atoms with Crippen molar-refractivity contribution in [2.24, 2.45) is 0 Å². The first-order valence-corrected chi connectivity index (χ1v) is 7.60. The minimum atomic E-state index is 0.289. The predicted molar refractivity (Wildman–Crippen MR) is 80.2 cm³/mol. The highest BCUT2D eigenvalue weighted by Gasteiger charge is 2.32. The molecule has 1 aliphatic rings. The molecule has 2 heterocycles. The molecule has 0 bridgehead atoms. The highest BCUT2D eigenvalue weighted by atomic mass is 15.2. The second kappa shape index (κ2) is 6.49. The number of rotatable bonds is 4. The average Bonchev–Trinajstić information content (AvgIpc) is 2.70. The first-order valence-electron chi connectivity index (χ1n) is 7.60. The van der Waals surface area contributed by atoms with Crippen molar-refractivity contribution in [1.82, 2.24) is 15.2 Å². The van der Waals surface area contributed by atoms with Crippen molar-refractivity contribution in [2.75, 3.05) is 19.6 Å². The Bertz CT molecular complexity index is 373. The molecule has 19 heavy (non-hydrogen) atoms. The fraction of sp³-hybridized carbons (Fsp3) is 0.688. The first-order chi connectivity index (χ1) is 9.21. The van der Waals surface area contributed by atoms with Gasteiger partial charge in [-0.1, -0.05) is 13.8 Å². The first kappa shape index (κ1) is 14.5. The smallest absolute Gasteiger partial charge is 0.0321 e. The highest BCUT2D eigenvalue weighted by molar-refractivity contribution is 5.14. The van der Waals surface area contributed by atoms with E-state index in [2.05, 4.69) is 48.1 Å². The number of hydrogen-bond donors (Lipinski definition) is 1. The summed E-state index contributed by atoms with van der Waals surface area (Å²) in [4.78, 5) is 6.75. The molecule has 106 valence electrons. The molecule has 3 heteroatoms. The SMILES string of the molecule is CCC1(CC)CN(C(C)c2ccncc2)CCCN1. The second-order valence-corrected chi connectivity index (χ2v) is 5.69. The molecule has 0 aliphatic carbocycles. The predicted octanol–water partition coefficient (Wildman–Crippen LogP) is 3.00. The summed E-state index contributed by atoms with van der Waals surface area (Å²) in [6.45, 7) is 10.4. The van der Waals surface area contributed by atoms with Gasteiger partial charge in [0.05, 0.1) is 0 Å². The number of nitrogens with one attached hydrogen (secondary N) is 1. The molecule has 0 amide bonds. The summed E-state index contributed by atoms with van der Waals surface area (Å²) in [5.41, 5.74) is 1.66.